The Kier molecular flexibility index (Phi) is 4.82. The summed E-state index contributed by atoms with van der Waals surface area (Å²) in [6, 6.07) is 10.5. The summed E-state index contributed by atoms with van der Waals surface area (Å²) in [6.07, 6.45) is 0. The molecule has 0 aliphatic rings. The van der Waals surface area contributed by atoms with Gasteiger partial charge in [0.2, 0.25) is 0 Å². The van der Waals surface area contributed by atoms with Crippen molar-refractivity contribution in [1.29, 1.82) is 0 Å². The van der Waals surface area contributed by atoms with Crippen molar-refractivity contribution in [3.63, 3.8) is 0 Å². The molecule has 0 bridgehead atoms. The first kappa shape index (κ1) is 14.3. The first-order valence-corrected chi connectivity index (χ1v) is 7.19. The highest BCUT2D eigenvalue weighted by molar-refractivity contribution is 9.10. The van der Waals surface area contributed by atoms with Gasteiger partial charge in [0.1, 0.15) is 11.6 Å². The topological polar surface area (TPSA) is 21.3 Å². The predicted octanol–water partition coefficient (Wildman–Crippen LogP) is 4.97. The predicted molar refractivity (Wildman–Crippen MR) is 82.1 cm³/mol. The van der Waals surface area contributed by atoms with Crippen molar-refractivity contribution < 1.29 is 9.13 Å². The summed E-state index contributed by atoms with van der Waals surface area (Å²) in [5.74, 6) is 0.516. The van der Waals surface area contributed by atoms with Gasteiger partial charge in [-0.15, -0.1) is 0 Å². The van der Waals surface area contributed by atoms with E-state index in [9.17, 15) is 4.39 Å². The van der Waals surface area contributed by atoms with Crippen LogP contribution < -0.4 is 10.1 Å². The van der Waals surface area contributed by atoms with Crippen LogP contribution in [0.25, 0.3) is 0 Å². The molecule has 0 heterocycles. The van der Waals surface area contributed by atoms with Gasteiger partial charge in [0.25, 0.3) is 0 Å². The molecule has 19 heavy (non-hydrogen) atoms. The number of hydrogen-bond acceptors (Lipinski definition) is 2. The number of rotatable bonds is 4. The molecular formula is C14H12Br2FNO. The summed E-state index contributed by atoms with van der Waals surface area (Å²) < 4.78 is 20.1. The lowest BCUT2D eigenvalue weighted by molar-refractivity contribution is 0.415. The van der Waals surface area contributed by atoms with Crippen molar-refractivity contribution in [2.45, 2.75) is 6.54 Å². The summed E-state index contributed by atoms with van der Waals surface area (Å²) in [6.45, 7) is 0.530. The number of anilines is 1. The van der Waals surface area contributed by atoms with Crippen molar-refractivity contribution in [1.82, 2.24) is 0 Å². The quantitative estimate of drug-likeness (QED) is 0.798. The summed E-state index contributed by atoms with van der Waals surface area (Å²) >= 11 is 6.74. The van der Waals surface area contributed by atoms with Gasteiger partial charge in [-0.05, 0) is 51.8 Å². The van der Waals surface area contributed by atoms with Crippen LogP contribution in [0.5, 0.6) is 5.75 Å². The zero-order chi connectivity index (χ0) is 13.8. The fourth-order valence-corrected chi connectivity index (χ4v) is 2.58. The third-order valence-electron chi connectivity index (χ3n) is 2.58. The van der Waals surface area contributed by atoms with E-state index >= 15 is 0 Å². The van der Waals surface area contributed by atoms with Crippen molar-refractivity contribution in [2.75, 3.05) is 12.4 Å². The average Bonchev–Trinajstić information content (AvgIpc) is 2.37. The summed E-state index contributed by atoms with van der Waals surface area (Å²) in [5.41, 5.74) is 1.77. The Morgan fingerprint density at radius 1 is 1.16 bits per heavy atom. The fraction of sp³-hybridized carbons (Fsp3) is 0.143. The zero-order valence-corrected chi connectivity index (χ0v) is 13.4. The molecule has 2 nitrogen and oxygen atoms in total. The molecule has 1 N–H and O–H groups in total. The first-order chi connectivity index (χ1) is 9.08. The Bertz CT molecular complexity index is 569. The second-order valence-corrected chi connectivity index (χ2v) is 5.75. The van der Waals surface area contributed by atoms with Gasteiger partial charge >= 0.3 is 0 Å². The van der Waals surface area contributed by atoms with Gasteiger partial charge < -0.3 is 10.1 Å². The minimum atomic E-state index is -0.254. The van der Waals surface area contributed by atoms with Gasteiger partial charge in [-0.3, -0.25) is 0 Å². The Balaban J connectivity index is 2.13. The largest absolute Gasteiger partial charge is 0.497 e. The van der Waals surface area contributed by atoms with E-state index in [4.69, 9.17) is 4.74 Å². The smallest absolute Gasteiger partial charge is 0.124 e. The van der Waals surface area contributed by atoms with E-state index < -0.39 is 0 Å². The Hall–Kier alpha value is -1.07. The van der Waals surface area contributed by atoms with Gasteiger partial charge in [-0.1, -0.05) is 15.9 Å². The third-order valence-corrected chi connectivity index (χ3v) is 3.73. The number of benzene rings is 2. The highest BCUT2D eigenvalue weighted by atomic mass is 79.9. The van der Waals surface area contributed by atoms with E-state index in [0.717, 1.165) is 25.9 Å². The fourth-order valence-electron chi connectivity index (χ4n) is 1.68. The maximum Gasteiger partial charge on any atom is 0.124 e. The highest BCUT2D eigenvalue weighted by Gasteiger charge is 2.03. The Morgan fingerprint density at radius 3 is 2.63 bits per heavy atom. The van der Waals surface area contributed by atoms with Gasteiger partial charge in [0.05, 0.1) is 12.8 Å². The van der Waals surface area contributed by atoms with Crippen molar-refractivity contribution in [2.24, 2.45) is 0 Å². The molecule has 0 saturated heterocycles. The van der Waals surface area contributed by atoms with Gasteiger partial charge in [0, 0.05) is 21.6 Å². The molecule has 5 heteroatoms. The molecule has 100 valence electrons. The lowest BCUT2D eigenvalue weighted by Gasteiger charge is -2.11. The first-order valence-electron chi connectivity index (χ1n) is 5.61. The highest BCUT2D eigenvalue weighted by Crippen LogP contribution is 2.27. The molecule has 0 aliphatic carbocycles. The number of hydrogen-bond donors (Lipinski definition) is 1. The Labute approximate surface area is 128 Å². The lowest BCUT2D eigenvalue weighted by atomic mass is 10.2. The van der Waals surface area contributed by atoms with Crippen molar-refractivity contribution in [3.8, 4) is 5.75 Å². The minimum absolute atomic E-state index is 0.254. The number of methoxy groups -OCH3 is 1. The second kappa shape index (κ2) is 6.39. The van der Waals surface area contributed by atoms with Gasteiger partial charge in [-0.25, -0.2) is 4.39 Å². The van der Waals surface area contributed by atoms with Crippen LogP contribution in [0, 0.1) is 5.82 Å². The summed E-state index contributed by atoms with van der Waals surface area (Å²) in [7, 11) is 1.62. The second-order valence-electron chi connectivity index (χ2n) is 3.98. The number of ether oxygens (including phenoxy) is 1. The van der Waals surface area contributed by atoms with Crippen LogP contribution >= 0.6 is 31.9 Å². The molecule has 0 unspecified atom stereocenters. The molecule has 0 atom stereocenters. The molecule has 2 rings (SSSR count). The molecule has 0 spiro atoms. The minimum Gasteiger partial charge on any atom is -0.497 e. The molecule has 2 aromatic rings. The van der Waals surface area contributed by atoms with Crippen LogP contribution in [0.1, 0.15) is 5.56 Å². The van der Waals surface area contributed by atoms with E-state index in [-0.39, 0.29) is 5.82 Å². The zero-order valence-electron chi connectivity index (χ0n) is 10.2. The van der Waals surface area contributed by atoms with E-state index in [1.54, 1.807) is 7.11 Å². The molecule has 2 aromatic carbocycles. The van der Waals surface area contributed by atoms with Crippen LogP contribution in [0.15, 0.2) is 45.3 Å². The molecule has 0 aromatic heterocycles. The normalized spacial score (nSPS) is 10.3. The molecule has 0 aliphatic heterocycles. The van der Waals surface area contributed by atoms with Crippen LogP contribution in [0.4, 0.5) is 10.1 Å². The molecule has 0 amide bonds. The molecule has 0 radical (unpaired) electrons. The van der Waals surface area contributed by atoms with Crippen LogP contribution in [-0.2, 0) is 6.54 Å². The number of halogens is 3. The van der Waals surface area contributed by atoms with E-state index in [0.29, 0.717) is 6.54 Å². The van der Waals surface area contributed by atoms with Crippen LogP contribution in [0.2, 0.25) is 0 Å². The standard InChI is InChI=1S/C14H12Br2FNO/c1-19-12-2-3-13(16)14(7-12)18-8-9-4-10(15)6-11(17)5-9/h2-7,18H,8H2,1H3. The molecule has 0 fully saturated rings. The average molecular weight is 389 g/mol. The van der Waals surface area contributed by atoms with E-state index in [1.807, 2.05) is 24.3 Å². The van der Waals surface area contributed by atoms with E-state index in [2.05, 4.69) is 37.2 Å². The van der Waals surface area contributed by atoms with Gasteiger partial charge in [-0.2, -0.15) is 0 Å². The van der Waals surface area contributed by atoms with Crippen LogP contribution in [0.3, 0.4) is 0 Å². The molecule has 0 saturated carbocycles. The number of nitrogens with one attached hydrogen (secondary N) is 1. The van der Waals surface area contributed by atoms with E-state index in [1.165, 1.54) is 12.1 Å². The maximum atomic E-state index is 13.3. The Morgan fingerprint density at radius 2 is 1.95 bits per heavy atom. The van der Waals surface area contributed by atoms with Crippen LogP contribution in [-0.4, -0.2) is 7.11 Å². The van der Waals surface area contributed by atoms with Crippen molar-refractivity contribution in [3.05, 3.63) is 56.7 Å². The van der Waals surface area contributed by atoms with Crippen molar-refractivity contribution >= 4 is 37.5 Å². The maximum absolute atomic E-state index is 13.3. The third kappa shape index (κ3) is 3.94. The summed E-state index contributed by atoms with van der Waals surface area (Å²) in [5, 5.41) is 3.24. The SMILES string of the molecule is COc1ccc(Br)c(NCc2cc(F)cc(Br)c2)c1. The molecular weight excluding hydrogens is 377 g/mol. The monoisotopic (exact) mass is 387 g/mol. The lowest BCUT2D eigenvalue weighted by Crippen LogP contribution is -2.01. The van der Waals surface area contributed by atoms with Gasteiger partial charge in [0.15, 0.2) is 0 Å². The summed E-state index contributed by atoms with van der Waals surface area (Å²) in [4.78, 5) is 0.